The van der Waals surface area contributed by atoms with Crippen molar-refractivity contribution in [2.24, 2.45) is 5.92 Å². The summed E-state index contributed by atoms with van der Waals surface area (Å²) in [5, 5.41) is 0. The maximum absolute atomic E-state index is 2.28. The van der Waals surface area contributed by atoms with E-state index < -0.39 is 0 Å². The number of rotatable bonds is 6. The monoisotopic (exact) mass is 140 g/mol. The number of unbranched alkanes of at least 4 members (excludes halogenated alkanes) is 4. The van der Waals surface area contributed by atoms with Crippen LogP contribution < -0.4 is 0 Å². The van der Waals surface area contributed by atoms with E-state index in [2.05, 4.69) is 6.92 Å². The van der Waals surface area contributed by atoms with Gasteiger partial charge in [0.15, 0.2) is 0 Å². The fourth-order valence-corrected chi connectivity index (χ4v) is 1.44. The highest BCUT2D eigenvalue weighted by Gasteiger charge is 2.19. The molecule has 0 radical (unpaired) electrons. The first-order chi connectivity index (χ1) is 4.93. The van der Waals surface area contributed by atoms with Gasteiger partial charge >= 0.3 is 0 Å². The lowest BCUT2D eigenvalue weighted by Gasteiger charge is -1.97. The molecule has 1 aliphatic carbocycles. The molecule has 0 aromatic rings. The molecule has 0 amide bonds. The molecule has 0 spiro atoms. The fraction of sp³-hybridized carbons (Fsp3) is 1.00. The second kappa shape index (κ2) is 4.76. The van der Waals surface area contributed by atoms with Crippen LogP contribution in [0.1, 0.15) is 58.3 Å². The molecule has 0 heterocycles. The minimum atomic E-state index is 1.15. The van der Waals surface area contributed by atoms with Crippen LogP contribution in [0.25, 0.3) is 0 Å². The van der Waals surface area contributed by atoms with E-state index in [1.54, 1.807) is 0 Å². The van der Waals surface area contributed by atoms with E-state index in [0.717, 1.165) is 5.92 Å². The molecular formula is C10H20. The van der Waals surface area contributed by atoms with Crippen molar-refractivity contribution >= 4 is 0 Å². The molecule has 0 atom stereocenters. The van der Waals surface area contributed by atoms with E-state index in [-0.39, 0.29) is 0 Å². The summed E-state index contributed by atoms with van der Waals surface area (Å²) in [7, 11) is 0. The Morgan fingerprint density at radius 2 is 1.70 bits per heavy atom. The Hall–Kier alpha value is 0. The predicted octanol–water partition coefficient (Wildman–Crippen LogP) is 3.76. The predicted molar refractivity (Wildman–Crippen MR) is 46.1 cm³/mol. The van der Waals surface area contributed by atoms with Crippen LogP contribution in [-0.2, 0) is 0 Å². The Balaban J connectivity index is 1.68. The summed E-state index contributed by atoms with van der Waals surface area (Å²) in [6.45, 7) is 2.28. The van der Waals surface area contributed by atoms with Gasteiger partial charge in [0.25, 0.3) is 0 Å². The Kier molecular flexibility index (Phi) is 3.86. The minimum Gasteiger partial charge on any atom is -0.0654 e. The number of hydrogen-bond donors (Lipinski definition) is 0. The standard InChI is InChI=1S/C10H20/c1-2-3-4-5-6-7-10-8-9-10/h10H,2-9H2,1H3. The van der Waals surface area contributed by atoms with Crippen LogP contribution >= 0.6 is 0 Å². The van der Waals surface area contributed by atoms with Gasteiger partial charge in [0.1, 0.15) is 0 Å². The van der Waals surface area contributed by atoms with Gasteiger partial charge in [-0.25, -0.2) is 0 Å². The first-order valence-electron chi connectivity index (χ1n) is 4.93. The van der Waals surface area contributed by atoms with E-state index in [1.807, 2.05) is 0 Å². The molecule has 0 aliphatic heterocycles. The summed E-state index contributed by atoms with van der Waals surface area (Å²) in [4.78, 5) is 0. The van der Waals surface area contributed by atoms with Gasteiger partial charge in [-0.3, -0.25) is 0 Å². The summed E-state index contributed by atoms with van der Waals surface area (Å²) in [6.07, 6.45) is 11.9. The molecule has 1 saturated carbocycles. The van der Waals surface area contributed by atoms with Crippen LogP contribution in [0.3, 0.4) is 0 Å². The number of hydrogen-bond acceptors (Lipinski definition) is 0. The zero-order chi connectivity index (χ0) is 7.23. The van der Waals surface area contributed by atoms with Crippen molar-refractivity contribution in [2.75, 3.05) is 0 Å². The van der Waals surface area contributed by atoms with Crippen LogP contribution in [0.2, 0.25) is 0 Å². The smallest absolute Gasteiger partial charge is 0.0414 e. The van der Waals surface area contributed by atoms with Crippen LogP contribution in [0, 0.1) is 5.92 Å². The Morgan fingerprint density at radius 3 is 2.30 bits per heavy atom. The zero-order valence-electron chi connectivity index (χ0n) is 7.23. The van der Waals surface area contributed by atoms with Crippen molar-refractivity contribution < 1.29 is 0 Å². The maximum atomic E-state index is 2.28. The summed E-state index contributed by atoms with van der Waals surface area (Å²) in [5.41, 5.74) is 0. The van der Waals surface area contributed by atoms with Gasteiger partial charge in [-0.15, -0.1) is 0 Å². The molecule has 0 saturated heterocycles. The Bertz CT molecular complexity index is 72.1. The highest BCUT2D eigenvalue weighted by Crippen LogP contribution is 2.34. The summed E-state index contributed by atoms with van der Waals surface area (Å²) in [5.74, 6) is 1.15. The Labute approximate surface area is 65.0 Å². The molecule has 0 N–H and O–H groups in total. The van der Waals surface area contributed by atoms with E-state index in [4.69, 9.17) is 0 Å². The molecule has 0 unspecified atom stereocenters. The van der Waals surface area contributed by atoms with E-state index >= 15 is 0 Å². The van der Waals surface area contributed by atoms with E-state index in [0.29, 0.717) is 0 Å². The lowest BCUT2D eigenvalue weighted by Crippen LogP contribution is -1.79. The van der Waals surface area contributed by atoms with Gasteiger partial charge in [-0.1, -0.05) is 58.3 Å². The van der Waals surface area contributed by atoms with Gasteiger partial charge in [0.05, 0.1) is 0 Å². The van der Waals surface area contributed by atoms with Gasteiger partial charge in [-0.2, -0.15) is 0 Å². The summed E-state index contributed by atoms with van der Waals surface area (Å²) >= 11 is 0. The normalized spacial score (nSPS) is 17.7. The van der Waals surface area contributed by atoms with Crippen LogP contribution in [0.4, 0.5) is 0 Å². The third-order valence-corrected chi connectivity index (χ3v) is 2.41. The topological polar surface area (TPSA) is 0 Å². The van der Waals surface area contributed by atoms with E-state index in [1.165, 1.54) is 51.4 Å². The van der Waals surface area contributed by atoms with Crippen molar-refractivity contribution in [2.45, 2.75) is 58.3 Å². The van der Waals surface area contributed by atoms with Crippen LogP contribution in [-0.4, -0.2) is 0 Å². The van der Waals surface area contributed by atoms with Crippen LogP contribution in [0.15, 0.2) is 0 Å². The largest absolute Gasteiger partial charge is 0.0654 e. The Morgan fingerprint density at radius 1 is 1.00 bits per heavy atom. The third-order valence-electron chi connectivity index (χ3n) is 2.41. The lowest BCUT2D eigenvalue weighted by molar-refractivity contribution is 0.580. The highest BCUT2D eigenvalue weighted by atomic mass is 14.2. The lowest BCUT2D eigenvalue weighted by atomic mass is 10.1. The molecule has 10 heavy (non-hydrogen) atoms. The molecule has 0 nitrogen and oxygen atoms in total. The van der Waals surface area contributed by atoms with E-state index in [9.17, 15) is 0 Å². The SMILES string of the molecule is CCCCCCCC1CC1. The summed E-state index contributed by atoms with van der Waals surface area (Å²) in [6, 6.07) is 0. The molecule has 1 aliphatic rings. The maximum Gasteiger partial charge on any atom is -0.0414 e. The van der Waals surface area contributed by atoms with Gasteiger partial charge < -0.3 is 0 Å². The summed E-state index contributed by atoms with van der Waals surface area (Å²) < 4.78 is 0. The first kappa shape index (κ1) is 8.10. The van der Waals surface area contributed by atoms with Crippen LogP contribution in [0.5, 0.6) is 0 Å². The molecule has 60 valence electrons. The zero-order valence-corrected chi connectivity index (χ0v) is 7.23. The molecule has 0 bridgehead atoms. The molecule has 1 rings (SSSR count). The highest BCUT2D eigenvalue weighted by molar-refractivity contribution is 4.72. The molecule has 0 aromatic heterocycles. The fourth-order valence-electron chi connectivity index (χ4n) is 1.44. The van der Waals surface area contributed by atoms with Crippen molar-refractivity contribution in [1.29, 1.82) is 0 Å². The quantitative estimate of drug-likeness (QED) is 0.493. The second-order valence-corrected chi connectivity index (χ2v) is 3.65. The van der Waals surface area contributed by atoms with Crippen molar-refractivity contribution in [3.8, 4) is 0 Å². The molecule has 0 heteroatoms. The molecular weight excluding hydrogens is 120 g/mol. The van der Waals surface area contributed by atoms with Crippen molar-refractivity contribution in [3.63, 3.8) is 0 Å². The first-order valence-corrected chi connectivity index (χ1v) is 4.93. The third kappa shape index (κ3) is 3.92. The average molecular weight is 140 g/mol. The van der Waals surface area contributed by atoms with Gasteiger partial charge in [0.2, 0.25) is 0 Å². The van der Waals surface area contributed by atoms with Crippen molar-refractivity contribution in [1.82, 2.24) is 0 Å². The van der Waals surface area contributed by atoms with Gasteiger partial charge in [0, 0.05) is 0 Å². The minimum absolute atomic E-state index is 1.15. The van der Waals surface area contributed by atoms with Crippen molar-refractivity contribution in [3.05, 3.63) is 0 Å². The molecule has 1 fully saturated rings. The van der Waals surface area contributed by atoms with Gasteiger partial charge in [-0.05, 0) is 5.92 Å². The second-order valence-electron chi connectivity index (χ2n) is 3.65. The molecule has 0 aromatic carbocycles. The average Bonchev–Trinajstić information content (AvgIpc) is 2.71.